The summed E-state index contributed by atoms with van der Waals surface area (Å²) < 4.78 is 8.31. The number of aromatic nitrogens is 4. The van der Waals surface area contributed by atoms with Crippen molar-refractivity contribution in [1.29, 1.82) is 0 Å². The number of rotatable bonds is 3. The third kappa shape index (κ3) is 2.86. The van der Waals surface area contributed by atoms with Crippen LogP contribution in [-0.4, -0.2) is 19.7 Å². The van der Waals surface area contributed by atoms with E-state index in [0.29, 0.717) is 31.7 Å². The molecule has 1 unspecified atom stereocenters. The number of fused-ring (bicyclic) bond motifs is 2. The van der Waals surface area contributed by atoms with Gasteiger partial charge in [-0.1, -0.05) is 48.5 Å². The summed E-state index contributed by atoms with van der Waals surface area (Å²) >= 11 is 2.11. The van der Waals surface area contributed by atoms with Crippen LogP contribution < -0.4 is 11.4 Å². The molecule has 0 fully saturated rings. The van der Waals surface area contributed by atoms with Crippen LogP contribution in [0.5, 0.6) is 0 Å². The molecule has 3 aromatic heterocycles. The first-order chi connectivity index (χ1) is 14.6. The van der Waals surface area contributed by atoms with Crippen LogP contribution in [0, 0.1) is 3.70 Å². The van der Waals surface area contributed by atoms with Gasteiger partial charge in [-0.3, -0.25) is 0 Å². The number of nitrogens with two attached hydrogens (primary N) is 1. The van der Waals surface area contributed by atoms with Crippen molar-refractivity contribution >= 4 is 50.2 Å². The van der Waals surface area contributed by atoms with E-state index in [-0.39, 0.29) is 5.63 Å². The lowest BCUT2D eigenvalue weighted by atomic mass is 9.96. The summed E-state index contributed by atoms with van der Waals surface area (Å²) in [4.78, 5) is 21.2. The number of hydrogen-bond acceptors (Lipinski definition) is 6. The molecule has 3 heterocycles. The van der Waals surface area contributed by atoms with Crippen LogP contribution in [0.4, 0.5) is 5.82 Å². The number of halogens is 1. The summed E-state index contributed by atoms with van der Waals surface area (Å²) in [5, 5.41) is 6.70. The van der Waals surface area contributed by atoms with E-state index in [2.05, 4.69) is 37.7 Å². The zero-order chi connectivity index (χ0) is 20.8. The van der Waals surface area contributed by atoms with E-state index in [1.807, 2.05) is 55.5 Å². The zero-order valence-corrected chi connectivity index (χ0v) is 18.1. The van der Waals surface area contributed by atoms with Crippen LogP contribution in [0.15, 0.2) is 70.1 Å². The molecular weight excluding hydrogens is 493 g/mol. The van der Waals surface area contributed by atoms with Crippen LogP contribution in [0.3, 0.4) is 0 Å². The number of benzene rings is 2. The molecule has 0 aliphatic rings. The minimum absolute atomic E-state index is 0.367. The third-order valence-corrected chi connectivity index (χ3v) is 5.90. The van der Waals surface area contributed by atoms with Crippen molar-refractivity contribution in [2.24, 2.45) is 0 Å². The summed E-state index contributed by atoms with van der Waals surface area (Å²) in [6.45, 7) is 1.93. The maximum atomic E-state index is 12.8. The maximum Gasteiger partial charge on any atom is 0.343 e. The normalized spacial score (nSPS) is 12.5. The summed E-state index contributed by atoms with van der Waals surface area (Å²) in [5.41, 5.74) is 8.07. The standard InChI is InChI=1S/C22H16IN5O2/c1-12(28-21-17(19(23)27-28)20(24)25-11-26-21)18-16(13-7-3-2-4-8-13)14-9-5-6-10-15(14)22(29)30-18/h2-12H,1H3,(H2,24,25,26). The predicted octanol–water partition coefficient (Wildman–Crippen LogP) is 4.40. The number of anilines is 1. The van der Waals surface area contributed by atoms with Gasteiger partial charge in [-0.15, -0.1) is 0 Å². The van der Waals surface area contributed by atoms with Gasteiger partial charge in [0.25, 0.3) is 0 Å². The van der Waals surface area contributed by atoms with Crippen LogP contribution in [0.2, 0.25) is 0 Å². The average Bonchev–Trinajstić information content (AvgIpc) is 3.11. The molecule has 0 spiro atoms. The molecule has 2 aromatic carbocycles. The molecule has 0 bridgehead atoms. The van der Waals surface area contributed by atoms with Crippen LogP contribution in [0.1, 0.15) is 18.7 Å². The van der Waals surface area contributed by atoms with Gasteiger partial charge < -0.3 is 10.2 Å². The van der Waals surface area contributed by atoms with Crippen LogP contribution >= 0.6 is 22.6 Å². The lowest BCUT2D eigenvalue weighted by Gasteiger charge is -2.18. The minimum Gasteiger partial charge on any atom is -0.424 e. The molecule has 5 rings (SSSR count). The summed E-state index contributed by atoms with van der Waals surface area (Å²) in [7, 11) is 0. The van der Waals surface area contributed by atoms with Gasteiger partial charge in [-0.2, -0.15) is 5.10 Å². The van der Waals surface area contributed by atoms with Crippen LogP contribution in [0.25, 0.3) is 32.9 Å². The molecule has 2 N–H and O–H groups in total. The molecule has 0 saturated carbocycles. The first kappa shape index (κ1) is 18.7. The largest absolute Gasteiger partial charge is 0.424 e. The molecule has 1 atom stereocenters. The van der Waals surface area contributed by atoms with Crippen molar-refractivity contribution in [3.8, 4) is 11.1 Å². The van der Waals surface area contributed by atoms with Gasteiger partial charge in [0, 0.05) is 10.9 Å². The second kappa shape index (κ2) is 7.21. The van der Waals surface area contributed by atoms with Crippen molar-refractivity contribution in [3.63, 3.8) is 0 Å². The predicted molar refractivity (Wildman–Crippen MR) is 124 cm³/mol. The maximum absolute atomic E-state index is 12.8. The first-order valence-corrected chi connectivity index (χ1v) is 10.4. The monoisotopic (exact) mass is 509 g/mol. The number of nitrogens with zero attached hydrogens (tertiary/aromatic N) is 4. The Morgan fingerprint density at radius 1 is 1.03 bits per heavy atom. The van der Waals surface area contributed by atoms with E-state index >= 15 is 0 Å². The third-order valence-electron chi connectivity index (χ3n) is 5.15. The summed E-state index contributed by atoms with van der Waals surface area (Å²) in [6.07, 6.45) is 1.41. The van der Waals surface area contributed by atoms with Gasteiger partial charge in [0.05, 0.1) is 10.8 Å². The van der Waals surface area contributed by atoms with E-state index in [1.165, 1.54) is 6.33 Å². The van der Waals surface area contributed by atoms with Crippen molar-refractivity contribution in [2.45, 2.75) is 13.0 Å². The topological polar surface area (TPSA) is 99.8 Å². The fourth-order valence-electron chi connectivity index (χ4n) is 3.75. The molecule has 0 aliphatic carbocycles. The lowest BCUT2D eigenvalue weighted by Crippen LogP contribution is -2.14. The van der Waals surface area contributed by atoms with E-state index < -0.39 is 6.04 Å². The highest BCUT2D eigenvalue weighted by molar-refractivity contribution is 14.1. The fraction of sp³-hybridized carbons (Fsp3) is 0.0909. The molecule has 0 amide bonds. The fourth-order valence-corrected chi connectivity index (χ4v) is 4.50. The smallest absolute Gasteiger partial charge is 0.343 e. The Bertz CT molecular complexity index is 1460. The van der Waals surface area contributed by atoms with Gasteiger partial charge in [-0.05, 0) is 41.1 Å². The van der Waals surface area contributed by atoms with Crippen molar-refractivity contribution in [3.05, 3.63) is 80.8 Å². The quantitative estimate of drug-likeness (QED) is 0.362. The van der Waals surface area contributed by atoms with Crippen molar-refractivity contribution in [1.82, 2.24) is 19.7 Å². The van der Waals surface area contributed by atoms with Gasteiger partial charge in [-0.25, -0.2) is 19.4 Å². The Morgan fingerprint density at radius 3 is 2.50 bits per heavy atom. The van der Waals surface area contributed by atoms with Gasteiger partial charge >= 0.3 is 5.63 Å². The van der Waals surface area contributed by atoms with E-state index in [1.54, 1.807) is 10.7 Å². The Hall–Kier alpha value is -3.27. The molecule has 0 radical (unpaired) electrons. The number of hydrogen-bond donors (Lipinski definition) is 1. The summed E-state index contributed by atoms with van der Waals surface area (Å²) in [5.74, 6) is 0.883. The van der Waals surface area contributed by atoms with E-state index in [9.17, 15) is 4.79 Å². The van der Waals surface area contributed by atoms with Gasteiger partial charge in [0.2, 0.25) is 0 Å². The van der Waals surface area contributed by atoms with Crippen molar-refractivity contribution in [2.75, 3.05) is 5.73 Å². The molecular formula is C22H16IN5O2. The average molecular weight is 509 g/mol. The van der Waals surface area contributed by atoms with E-state index in [0.717, 1.165) is 16.5 Å². The summed E-state index contributed by atoms with van der Waals surface area (Å²) in [6, 6.07) is 17.0. The highest BCUT2D eigenvalue weighted by Gasteiger charge is 2.25. The molecule has 5 aromatic rings. The van der Waals surface area contributed by atoms with Gasteiger partial charge in [0.15, 0.2) is 5.65 Å². The van der Waals surface area contributed by atoms with E-state index in [4.69, 9.17) is 10.2 Å². The molecule has 148 valence electrons. The van der Waals surface area contributed by atoms with Gasteiger partial charge in [0.1, 0.15) is 27.6 Å². The zero-order valence-electron chi connectivity index (χ0n) is 15.9. The second-order valence-corrected chi connectivity index (χ2v) is 7.93. The molecule has 0 aliphatic heterocycles. The molecule has 30 heavy (non-hydrogen) atoms. The highest BCUT2D eigenvalue weighted by atomic mass is 127. The lowest BCUT2D eigenvalue weighted by molar-refractivity contribution is 0.404. The molecule has 0 saturated heterocycles. The Balaban J connectivity index is 1.84. The highest BCUT2D eigenvalue weighted by Crippen LogP contribution is 2.36. The Kier molecular flexibility index (Phi) is 4.50. The Labute approximate surface area is 184 Å². The number of nitrogen functional groups attached to an aromatic ring is 1. The second-order valence-electron chi connectivity index (χ2n) is 6.91. The Morgan fingerprint density at radius 2 is 1.73 bits per heavy atom. The first-order valence-electron chi connectivity index (χ1n) is 9.31. The minimum atomic E-state index is -0.405. The van der Waals surface area contributed by atoms with Crippen molar-refractivity contribution < 1.29 is 4.42 Å². The SMILES string of the molecule is CC(c1oc(=O)c2ccccc2c1-c1ccccc1)n1nc(I)c2c(N)ncnc21. The molecule has 8 heteroatoms. The molecule has 7 nitrogen and oxygen atoms in total. The van der Waals surface area contributed by atoms with Crippen LogP contribution in [-0.2, 0) is 0 Å².